The van der Waals surface area contributed by atoms with Crippen LogP contribution in [0, 0.1) is 0 Å². The van der Waals surface area contributed by atoms with Crippen molar-refractivity contribution in [1.82, 2.24) is 9.80 Å². The summed E-state index contributed by atoms with van der Waals surface area (Å²) in [5.41, 5.74) is 2.77. The zero-order valence-electron chi connectivity index (χ0n) is 48.3. The van der Waals surface area contributed by atoms with Gasteiger partial charge in [0.1, 0.15) is 5.75 Å². The van der Waals surface area contributed by atoms with Gasteiger partial charge >= 0.3 is 0 Å². The predicted molar refractivity (Wildman–Crippen MR) is 306 cm³/mol. The SMILES string of the molecule is COCCOCC(C)OCC(C)OCC(C)OCC(C)OCC(C)OCC(C)OCC(C)OCC(C)OCC(C)N1C(=O)c2ccc3c4ccc5c6c(ccc(c7ccc(c2c37)C1=O)c64)C(=O)N(CCc1ccc(OC)cc1)C5=O. The lowest BCUT2D eigenvalue weighted by Gasteiger charge is -2.33. The maximum Gasteiger partial charge on any atom is 0.261 e. The fourth-order valence-corrected chi connectivity index (χ4v) is 10.2. The molecule has 8 rings (SSSR count). The smallest absolute Gasteiger partial charge is 0.261 e. The lowest BCUT2D eigenvalue weighted by Crippen LogP contribution is -2.48. The minimum Gasteiger partial charge on any atom is -0.497 e. The molecule has 432 valence electrons. The van der Waals surface area contributed by atoms with Gasteiger partial charge in [-0.25, -0.2) is 0 Å². The van der Waals surface area contributed by atoms with Crippen molar-refractivity contribution >= 4 is 66.7 Å². The van der Waals surface area contributed by atoms with Gasteiger partial charge in [0, 0.05) is 46.7 Å². The fourth-order valence-electron chi connectivity index (χ4n) is 10.2. The van der Waals surface area contributed by atoms with Gasteiger partial charge in [0.25, 0.3) is 23.6 Å². The summed E-state index contributed by atoms with van der Waals surface area (Å²) >= 11 is 0. The number of amides is 4. The zero-order chi connectivity index (χ0) is 57.2. The number of ether oxygens (including phenoxy) is 11. The molecular weight excluding hydrogens is 1020 g/mol. The highest BCUT2D eigenvalue weighted by molar-refractivity contribution is 6.41. The summed E-state index contributed by atoms with van der Waals surface area (Å²) in [7, 11) is 3.25. The summed E-state index contributed by atoms with van der Waals surface area (Å²) in [6.07, 6.45) is -0.745. The Hall–Kier alpha value is -5.70. The summed E-state index contributed by atoms with van der Waals surface area (Å²) in [6.45, 7) is 22.1. The quantitative estimate of drug-likeness (QED) is 0.0161. The zero-order valence-corrected chi connectivity index (χ0v) is 48.3. The Kier molecular flexibility index (Phi) is 21.0. The third-order valence-corrected chi connectivity index (χ3v) is 14.7. The molecule has 9 unspecified atom stereocenters. The van der Waals surface area contributed by atoms with Gasteiger partial charge in [0.05, 0.1) is 135 Å². The molecule has 0 bridgehead atoms. The molecule has 9 atom stereocenters. The number of nitrogens with zero attached hydrogens (tertiary/aromatic N) is 2. The molecule has 4 amide bonds. The van der Waals surface area contributed by atoms with Crippen LogP contribution in [-0.2, 0) is 53.8 Å². The minimum atomic E-state index is -0.580. The molecule has 17 nitrogen and oxygen atoms in total. The molecule has 0 aromatic heterocycles. The molecule has 80 heavy (non-hydrogen) atoms. The number of benzene rings is 6. The van der Waals surface area contributed by atoms with E-state index in [1.807, 2.05) is 111 Å². The van der Waals surface area contributed by atoms with Gasteiger partial charge in [-0.3, -0.25) is 29.0 Å². The molecule has 0 fully saturated rings. The topological polar surface area (TPSA) is 176 Å². The minimum absolute atomic E-state index is 0.0341. The molecule has 2 heterocycles. The summed E-state index contributed by atoms with van der Waals surface area (Å²) in [5, 5.41) is 6.15. The highest BCUT2D eigenvalue weighted by Crippen LogP contribution is 2.46. The first-order valence-corrected chi connectivity index (χ1v) is 28.1. The molecule has 0 radical (unpaired) electrons. The first-order chi connectivity index (χ1) is 38.5. The van der Waals surface area contributed by atoms with Crippen molar-refractivity contribution in [2.24, 2.45) is 0 Å². The second-order valence-electron chi connectivity index (χ2n) is 21.6. The Balaban J connectivity index is 0.762. The lowest BCUT2D eigenvalue weighted by atomic mass is 9.82. The summed E-state index contributed by atoms with van der Waals surface area (Å²) in [5.74, 6) is -0.737. The Morgan fingerprint density at radius 3 is 1.06 bits per heavy atom. The van der Waals surface area contributed by atoms with E-state index in [-0.39, 0.29) is 80.4 Å². The second-order valence-corrected chi connectivity index (χ2v) is 21.6. The van der Waals surface area contributed by atoms with Crippen molar-refractivity contribution in [3.63, 3.8) is 0 Å². The van der Waals surface area contributed by atoms with Crippen molar-refractivity contribution in [2.75, 3.05) is 93.4 Å². The standard InChI is InChI=1S/C63H80N2O15/c1-37(28-73-39(3)30-75-41(5)32-77-43(7)34-79-45(9)36-80-44(8)35-78-42(6)33-76-40(4)31-74-38(2)29-72-27-26-70-10)65-62(68)54-22-18-50-48-16-20-52-58-53(61(67)64(60(52)66)25-24-46-12-14-47(71-11)15-13-46)21-17-49(56(48)58)51-19-23-55(63(65)69)59(54)57(50)51/h12-23,37-45H,24-36H2,1-11H3. The van der Waals surface area contributed by atoms with E-state index in [9.17, 15) is 19.2 Å². The van der Waals surface area contributed by atoms with Gasteiger partial charge in [-0.1, -0.05) is 36.4 Å². The molecule has 0 saturated heterocycles. The molecule has 0 saturated carbocycles. The first kappa shape index (κ1) is 60.4. The monoisotopic (exact) mass is 1100 g/mol. The second kappa shape index (κ2) is 27.8. The highest BCUT2D eigenvalue weighted by Gasteiger charge is 2.39. The van der Waals surface area contributed by atoms with Crippen molar-refractivity contribution in [3.05, 3.63) is 101 Å². The van der Waals surface area contributed by atoms with Crippen molar-refractivity contribution in [1.29, 1.82) is 0 Å². The van der Waals surface area contributed by atoms with Crippen LogP contribution in [-0.4, -0.2) is 182 Å². The van der Waals surface area contributed by atoms with E-state index in [1.165, 1.54) is 9.80 Å². The Bertz CT molecular complexity index is 2950. The van der Waals surface area contributed by atoms with E-state index in [2.05, 4.69) is 0 Å². The number of carbonyl (C=O) groups is 4. The van der Waals surface area contributed by atoms with Gasteiger partial charge in [-0.05, 0) is 143 Å². The highest BCUT2D eigenvalue weighted by atomic mass is 16.6. The lowest BCUT2D eigenvalue weighted by molar-refractivity contribution is -0.110. The van der Waals surface area contributed by atoms with E-state index in [0.717, 1.165) is 43.6 Å². The maximum atomic E-state index is 14.4. The number of hydrogen-bond acceptors (Lipinski definition) is 15. The third kappa shape index (κ3) is 14.1. The van der Waals surface area contributed by atoms with Crippen LogP contribution in [0.5, 0.6) is 5.75 Å². The van der Waals surface area contributed by atoms with Gasteiger partial charge in [0.2, 0.25) is 0 Å². The summed E-state index contributed by atoms with van der Waals surface area (Å²) in [4.78, 5) is 59.6. The maximum absolute atomic E-state index is 14.4. The molecule has 17 heteroatoms. The van der Waals surface area contributed by atoms with Crippen LogP contribution in [0.15, 0.2) is 72.8 Å². The molecule has 0 N–H and O–H groups in total. The molecule has 6 aromatic rings. The summed E-state index contributed by atoms with van der Waals surface area (Å²) < 4.78 is 63.8. The van der Waals surface area contributed by atoms with Crippen molar-refractivity contribution in [2.45, 2.75) is 124 Å². The van der Waals surface area contributed by atoms with E-state index >= 15 is 0 Å². The summed E-state index contributed by atoms with van der Waals surface area (Å²) in [6, 6.07) is 21.8. The van der Waals surface area contributed by atoms with Crippen LogP contribution in [0.3, 0.4) is 0 Å². The fraction of sp³-hybridized carbons (Fsp3) is 0.524. The Morgan fingerprint density at radius 1 is 0.375 bits per heavy atom. The van der Waals surface area contributed by atoms with Crippen LogP contribution in [0.1, 0.15) is 109 Å². The van der Waals surface area contributed by atoms with E-state index in [4.69, 9.17) is 52.1 Å². The van der Waals surface area contributed by atoms with E-state index in [0.29, 0.717) is 98.9 Å². The number of carbonyl (C=O) groups excluding carboxylic acids is 4. The molecule has 2 aliphatic rings. The first-order valence-electron chi connectivity index (χ1n) is 28.1. The van der Waals surface area contributed by atoms with Gasteiger partial charge < -0.3 is 52.1 Å². The average Bonchev–Trinajstić information content (AvgIpc) is 3.64. The molecule has 0 aliphatic carbocycles. The number of rotatable bonds is 34. The number of methoxy groups -OCH3 is 2. The van der Waals surface area contributed by atoms with Crippen molar-refractivity contribution in [3.8, 4) is 5.75 Å². The van der Waals surface area contributed by atoms with Crippen LogP contribution >= 0.6 is 0 Å². The normalized spacial score (nSPS) is 17.2. The van der Waals surface area contributed by atoms with E-state index < -0.39 is 17.9 Å². The van der Waals surface area contributed by atoms with Crippen LogP contribution in [0.25, 0.3) is 43.1 Å². The van der Waals surface area contributed by atoms with Gasteiger partial charge in [0.15, 0.2) is 0 Å². The predicted octanol–water partition coefficient (Wildman–Crippen LogP) is 9.47. The largest absolute Gasteiger partial charge is 0.497 e. The molecule has 6 aromatic carbocycles. The van der Waals surface area contributed by atoms with Gasteiger partial charge in [-0.2, -0.15) is 0 Å². The van der Waals surface area contributed by atoms with Crippen molar-refractivity contribution < 1.29 is 71.3 Å². The van der Waals surface area contributed by atoms with Gasteiger partial charge in [-0.15, -0.1) is 0 Å². The van der Waals surface area contributed by atoms with Crippen LogP contribution in [0.2, 0.25) is 0 Å². The number of hydrogen-bond donors (Lipinski definition) is 0. The van der Waals surface area contributed by atoms with Crippen LogP contribution < -0.4 is 4.74 Å². The molecule has 2 aliphatic heterocycles. The van der Waals surface area contributed by atoms with Crippen LogP contribution in [0.4, 0.5) is 0 Å². The molecular formula is C63H80N2O15. The number of fused-ring (bicyclic) bond motifs is 2. The average molecular weight is 1110 g/mol. The Morgan fingerprint density at radius 2 is 0.713 bits per heavy atom. The van der Waals surface area contributed by atoms with E-state index in [1.54, 1.807) is 38.5 Å². The number of imide groups is 2. The Labute approximate surface area is 469 Å². The molecule has 0 spiro atoms. The third-order valence-electron chi connectivity index (χ3n) is 14.7.